The molecule has 4 atom stereocenters. The minimum atomic E-state index is 0.717. The Kier molecular flexibility index (Phi) is 6.25. The highest BCUT2D eigenvalue weighted by Crippen LogP contribution is 2.33. The van der Waals surface area contributed by atoms with E-state index in [-0.39, 0.29) is 0 Å². The summed E-state index contributed by atoms with van der Waals surface area (Å²) in [7, 11) is 0. The van der Waals surface area contributed by atoms with Crippen LogP contribution in [-0.4, -0.2) is 17.5 Å². The highest BCUT2D eigenvalue weighted by molar-refractivity contribution is 5.00. The molecule has 1 fully saturated rings. The second-order valence-corrected chi connectivity index (χ2v) is 6.37. The van der Waals surface area contributed by atoms with E-state index in [0.717, 1.165) is 17.8 Å². The molecule has 0 unspecified atom stereocenters. The van der Waals surface area contributed by atoms with E-state index in [1.165, 1.54) is 44.3 Å². The van der Waals surface area contributed by atoms with Gasteiger partial charge in [0.2, 0.25) is 0 Å². The fourth-order valence-corrected chi connectivity index (χ4v) is 3.36. The van der Waals surface area contributed by atoms with Gasteiger partial charge in [0.25, 0.3) is 0 Å². The van der Waals surface area contributed by atoms with E-state index in [0.29, 0.717) is 6.04 Å². The van der Waals surface area contributed by atoms with Crippen molar-refractivity contribution < 1.29 is 0 Å². The van der Waals surface area contributed by atoms with Gasteiger partial charge in [-0.3, -0.25) is 0 Å². The molecule has 106 valence electrons. The third-order valence-electron chi connectivity index (χ3n) is 5.27. The van der Waals surface area contributed by atoms with Crippen LogP contribution in [0.1, 0.15) is 66.7 Å². The van der Waals surface area contributed by atoms with Crippen molar-refractivity contribution in [1.82, 2.24) is 4.90 Å². The Morgan fingerprint density at radius 3 is 2.39 bits per heavy atom. The van der Waals surface area contributed by atoms with Crippen molar-refractivity contribution in [2.45, 2.75) is 72.8 Å². The van der Waals surface area contributed by atoms with Gasteiger partial charge in [-0.2, -0.15) is 0 Å². The van der Waals surface area contributed by atoms with Gasteiger partial charge in [0.15, 0.2) is 0 Å². The largest absolute Gasteiger partial charge is 0.373 e. The van der Waals surface area contributed by atoms with Crippen molar-refractivity contribution in [3.63, 3.8) is 0 Å². The maximum atomic E-state index is 4.37. The molecule has 0 amide bonds. The lowest BCUT2D eigenvalue weighted by molar-refractivity contribution is 0.223. The van der Waals surface area contributed by atoms with E-state index < -0.39 is 0 Å². The Balaban J connectivity index is 2.54. The van der Waals surface area contributed by atoms with Crippen molar-refractivity contribution in [1.29, 1.82) is 0 Å². The van der Waals surface area contributed by atoms with Crippen LogP contribution in [0.25, 0.3) is 0 Å². The first-order valence-corrected chi connectivity index (χ1v) is 7.95. The van der Waals surface area contributed by atoms with E-state index in [1.54, 1.807) is 0 Å². The maximum Gasteiger partial charge on any atom is 0.0259 e. The van der Waals surface area contributed by atoms with Crippen LogP contribution in [0, 0.1) is 17.8 Å². The fraction of sp³-hybridized carbons (Fsp3) is 0.882. The first-order valence-electron chi connectivity index (χ1n) is 7.95. The Hall–Kier alpha value is -0.460. The van der Waals surface area contributed by atoms with Gasteiger partial charge in [-0.15, -0.1) is 0 Å². The number of allylic oxidation sites excluding steroid dienone is 1. The average molecular weight is 251 g/mol. The molecule has 1 nitrogen and oxygen atoms in total. The molecule has 1 saturated heterocycles. The van der Waals surface area contributed by atoms with E-state index in [4.69, 9.17) is 0 Å². The summed E-state index contributed by atoms with van der Waals surface area (Å²) in [6.45, 7) is 17.4. The smallest absolute Gasteiger partial charge is 0.0259 e. The molecule has 0 aromatic carbocycles. The lowest BCUT2D eigenvalue weighted by atomic mass is 9.79. The summed E-state index contributed by atoms with van der Waals surface area (Å²) in [5.74, 6) is 2.45. The molecule has 0 aromatic heterocycles. The highest BCUT2D eigenvalue weighted by atomic mass is 15.2. The Bertz CT molecular complexity index is 258. The third-order valence-corrected chi connectivity index (χ3v) is 5.27. The van der Waals surface area contributed by atoms with Crippen molar-refractivity contribution in [2.24, 2.45) is 17.8 Å². The summed E-state index contributed by atoms with van der Waals surface area (Å²) in [5, 5.41) is 0. The molecule has 0 aliphatic carbocycles. The summed E-state index contributed by atoms with van der Waals surface area (Å²) < 4.78 is 0. The monoisotopic (exact) mass is 251 g/mol. The summed E-state index contributed by atoms with van der Waals surface area (Å²) in [6, 6.07) is 0.717. The minimum absolute atomic E-state index is 0.717. The predicted octanol–water partition coefficient (Wildman–Crippen LogP) is 5.08. The van der Waals surface area contributed by atoms with Gasteiger partial charge in [-0.05, 0) is 43.9 Å². The molecular weight excluding hydrogens is 218 g/mol. The summed E-state index contributed by atoms with van der Waals surface area (Å²) in [5.41, 5.74) is 1.39. The summed E-state index contributed by atoms with van der Waals surface area (Å²) in [6.07, 6.45) is 6.47. The van der Waals surface area contributed by atoms with E-state index in [2.05, 4.69) is 46.1 Å². The second kappa shape index (κ2) is 7.21. The van der Waals surface area contributed by atoms with Crippen LogP contribution in [0.2, 0.25) is 0 Å². The van der Waals surface area contributed by atoms with E-state index in [1.807, 2.05) is 0 Å². The first-order chi connectivity index (χ1) is 8.51. The maximum absolute atomic E-state index is 4.37. The zero-order valence-corrected chi connectivity index (χ0v) is 13.2. The number of rotatable bonds is 7. The number of nitrogens with zero attached hydrogens (tertiary/aromatic N) is 1. The predicted molar refractivity (Wildman–Crippen MR) is 81.6 cm³/mol. The molecule has 0 radical (unpaired) electrons. The van der Waals surface area contributed by atoms with Gasteiger partial charge in [0.1, 0.15) is 0 Å². The number of likely N-dealkylation sites (tertiary alicyclic amines) is 1. The molecule has 1 aliphatic heterocycles. The normalized spacial score (nSPS) is 24.9. The van der Waals surface area contributed by atoms with Crippen molar-refractivity contribution in [3.8, 4) is 0 Å². The molecule has 0 N–H and O–H groups in total. The van der Waals surface area contributed by atoms with E-state index in [9.17, 15) is 0 Å². The van der Waals surface area contributed by atoms with Crippen molar-refractivity contribution in [3.05, 3.63) is 12.3 Å². The van der Waals surface area contributed by atoms with Crippen molar-refractivity contribution in [2.75, 3.05) is 6.54 Å². The quantitative estimate of drug-likeness (QED) is 0.609. The second-order valence-electron chi connectivity index (χ2n) is 6.37. The van der Waals surface area contributed by atoms with Crippen LogP contribution in [0.5, 0.6) is 0 Å². The van der Waals surface area contributed by atoms with E-state index >= 15 is 0 Å². The zero-order valence-electron chi connectivity index (χ0n) is 13.2. The fourth-order valence-electron chi connectivity index (χ4n) is 3.36. The average Bonchev–Trinajstić information content (AvgIpc) is 2.80. The van der Waals surface area contributed by atoms with Gasteiger partial charge in [0.05, 0.1) is 0 Å². The van der Waals surface area contributed by atoms with Gasteiger partial charge >= 0.3 is 0 Å². The Morgan fingerprint density at radius 2 is 1.94 bits per heavy atom. The topological polar surface area (TPSA) is 3.24 Å². The third kappa shape index (κ3) is 3.76. The van der Waals surface area contributed by atoms with Crippen molar-refractivity contribution >= 4 is 0 Å². The summed E-state index contributed by atoms with van der Waals surface area (Å²) >= 11 is 0. The van der Waals surface area contributed by atoms with Gasteiger partial charge in [0, 0.05) is 18.3 Å². The molecule has 1 aliphatic rings. The van der Waals surface area contributed by atoms with Crippen LogP contribution in [-0.2, 0) is 0 Å². The standard InChI is InChI=1S/C17H33N/c1-7-13(3)16(6)17(8-2)12-15(5)18-11-9-10-14(18)4/h13-14,16-17H,5,7-12H2,1-4,6H3/t13-,14+,16-,17+/m0/s1. The van der Waals surface area contributed by atoms with Crippen LogP contribution in [0.4, 0.5) is 0 Å². The first kappa shape index (κ1) is 15.6. The number of hydrogen-bond acceptors (Lipinski definition) is 1. The molecule has 1 rings (SSSR count). The lowest BCUT2D eigenvalue weighted by Crippen LogP contribution is -2.28. The van der Waals surface area contributed by atoms with Crippen LogP contribution in [0.3, 0.4) is 0 Å². The Morgan fingerprint density at radius 1 is 1.28 bits per heavy atom. The Labute approximate surface area is 115 Å². The summed E-state index contributed by atoms with van der Waals surface area (Å²) in [4.78, 5) is 2.55. The highest BCUT2D eigenvalue weighted by Gasteiger charge is 2.26. The van der Waals surface area contributed by atoms with Gasteiger partial charge in [-0.1, -0.05) is 47.1 Å². The molecular formula is C17H33N. The van der Waals surface area contributed by atoms with Crippen LogP contribution < -0.4 is 0 Å². The van der Waals surface area contributed by atoms with Gasteiger partial charge < -0.3 is 4.90 Å². The molecule has 18 heavy (non-hydrogen) atoms. The molecule has 0 saturated carbocycles. The van der Waals surface area contributed by atoms with Crippen LogP contribution >= 0.6 is 0 Å². The van der Waals surface area contributed by atoms with Crippen LogP contribution in [0.15, 0.2) is 12.3 Å². The lowest BCUT2D eigenvalue weighted by Gasteiger charge is -2.33. The molecule has 1 heterocycles. The molecule has 0 aromatic rings. The zero-order chi connectivity index (χ0) is 13.7. The molecule has 1 heteroatoms. The molecule has 0 bridgehead atoms. The van der Waals surface area contributed by atoms with Gasteiger partial charge in [-0.25, -0.2) is 0 Å². The SMILES string of the molecule is C=C(C[C@@H](CC)[C@@H](C)[C@@H](C)CC)N1CCC[C@H]1C. The molecule has 0 spiro atoms. The minimum Gasteiger partial charge on any atom is -0.373 e. The number of hydrogen-bond donors (Lipinski definition) is 0.